The Morgan fingerprint density at radius 3 is 1.53 bits per heavy atom. The molecule has 0 radical (unpaired) electrons. The molecule has 2 aliphatic rings. The van der Waals surface area contributed by atoms with Crippen LogP contribution in [0.5, 0.6) is 0 Å². The van der Waals surface area contributed by atoms with E-state index >= 15 is 0 Å². The van der Waals surface area contributed by atoms with Gasteiger partial charge in [-0.2, -0.15) is 0 Å². The van der Waals surface area contributed by atoms with Gasteiger partial charge in [-0.25, -0.2) is 4.98 Å². The fraction of sp³-hybridized carbons (Fsp3) is 0.100. The van der Waals surface area contributed by atoms with Crippen LogP contribution in [-0.2, 0) is 10.8 Å². The molecule has 0 amide bonds. The van der Waals surface area contributed by atoms with Crippen LogP contribution in [0.1, 0.15) is 50.1 Å². The first-order chi connectivity index (χ1) is 31.2. The van der Waals surface area contributed by atoms with Crippen molar-refractivity contribution < 1.29 is 0 Å². The Hall–Kier alpha value is -7.82. The normalized spacial score (nSPS) is 14.5. The molecule has 0 fully saturated rings. The Labute approximate surface area is 370 Å². The summed E-state index contributed by atoms with van der Waals surface area (Å²) in [5.41, 5.74) is 17.8. The number of nitrogens with zero attached hydrogens (tertiary/aromatic N) is 4. The van der Waals surface area contributed by atoms with Gasteiger partial charge in [-0.15, -0.1) is 0 Å². The van der Waals surface area contributed by atoms with Crippen molar-refractivity contribution in [3.05, 3.63) is 205 Å². The molecule has 14 rings (SSSR count). The van der Waals surface area contributed by atoms with Crippen molar-refractivity contribution >= 4 is 65.2 Å². The van der Waals surface area contributed by atoms with Crippen molar-refractivity contribution in [2.45, 2.75) is 38.5 Å². The fourth-order valence-electron chi connectivity index (χ4n) is 11.6. The van der Waals surface area contributed by atoms with E-state index in [9.17, 15) is 0 Å². The quantitative estimate of drug-likeness (QED) is 0.178. The number of fused-ring (bicyclic) bond motifs is 14. The van der Waals surface area contributed by atoms with Gasteiger partial charge in [0.05, 0.1) is 39.7 Å². The highest BCUT2D eigenvalue weighted by molar-refractivity contribution is 6.13. The zero-order valence-corrected chi connectivity index (χ0v) is 36.1. The summed E-state index contributed by atoms with van der Waals surface area (Å²) in [6.45, 7) is 9.27. The molecule has 0 spiro atoms. The fourth-order valence-corrected chi connectivity index (χ4v) is 11.6. The molecule has 0 atom stereocenters. The average molecular weight is 819 g/mol. The van der Waals surface area contributed by atoms with Crippen molar-refractivity contribution in [1.29, 1.82) is 0 Å². The molecular formula is C60H42N4. The topological polar surface area (TPSA) is 35.6 Å². The SMILES string of the molecule is CC1(C)c2ccc(-n3c4ccccc4c4cc(-c5ccc6c(c5)c5ccccc5n6-c5cnc6c(n5)-c5cc7ccccc7cc5C6(C)C)ccc43)cc2-c2cc3ccccc3cc21. The van der Waals surface area contributed by atoms with Gasteiger partial charge in [0, 0.05) is 43.6 Å². The number of aromatic nitrogens is 4. The van der Waals surface area contributed by atoms with Crippen LogP contribution in [0.4, 0.5) is 0 Å². The number of para-hydroxylation sites is 2. The molecule has 64 heavy (non-hydrogen) atoms. The summed E-state index contributed by atoms with van der Waals surface area (Å²) in [5.74, 6) is 0.829. The van der Waals surface area contributed by atoms with E-state index in [1.54, 1.807) is 0 Å². The van der Waals surface area contributed by atoms with Gasteiger partial charge >= 0.3 is 0 Å². The molecule has 0 bridgehead atoms. The van der Waals surface area contributed by atoms with Crippen molar-refractivity contribution in [2.75, 3.05) is 0 Å². The Kier molecular flexibility index (Phi) is 6.94. The van der Waals surface area contributed by atoms with Crippen LogP contribution in [0.25, 0.3) is 110 Å². The minimum atomic E-state index is -0.246. The summed E-state index contributed by atoms with van der Waals surface area (Å²) in [6.07, 6.45) is 1.97. The highest BCUT2D eigenvalue weighted by Crippen LogP contribution is 2.52. The molecule has 12 aromatic rings. The summed E-state index contributed by atoms with van der Waals surface area (Å²) in [4.78, 5) is 10.6. The van der Waals surface area contributed by atoms with E-state index in [0.29, 0.717) is 0 Å². The number of rotatable bonds is 3. The molecule has 0 saturated carbocycles. The minimum Gasteiger partial charge on any atom is -0.309 e. The third-order valence-corrected chi connectivity index (χ3v) is 14.9. The molecule has 3 heterocycles. The van der Waals surface area contributed by atoms with Gasteiger partial charge in [-0.1, -0.05) is 131 Å². The number of benzene rings is 9. The third-order valence-electron chi connectivity index (χ3n) is 14.9. The summed E-state index contributed by atoms with van der Waals surface area (Å²) in [6, 6.07) is 65.4. The zero-order chi connectivity index (χ0) is 42.6. The van der Waals surface area contributed by atoms with Gasteiger partial charge in [0.25, 0.3) is 0 Å². The Morgan fingerprint density at radius 2 is 0.891 bits per heavy atom. The molecule has 2 aliphatic carbocycles. The molecule has 0 N–H and O–H groups in total. The maximum absolute atomic E-state index is 5.46. The van der Waals surface area contributed by atoms with Crippen LogP contribution in [0.15, 0.2) is 182 Å². The predicted molar refractivity (Wildman–Crippen MR) is 266 cm³/mol. The van der Waals surface area contributed by atoms with E-state index in [4.69, 9.17) is 9.97 Å². The molecule has 0 aliphatic heterocycles. The van der Waals surface area contributed by atoms with E-state index in [-0.39, 0.29) is 10.8 Å². The van der Waals surface area contributed by atoms with Gasteiger partial charge in [0.2, 0.25) is 0 Å². The summed E-state index contributed by atoms with van der Waals surface area (Å²) >= 11 is 0. The van der Waals surface area contributed by atoms with Gasteiger partial charge in [0.1, 0.15) is 0 Å². The van der Waals surface area contributed by atoms with E-state index in [1.165, 1.54) is 104 Å². The lowest BCUT2D eigenvalue weighted by Gasteiger charge is -2.22. The summed E-state index contributed by atoms with van der Waals surface area (Å²) in [5, 5.41) is 9.92. The van der Waals surface area contributed by atoms with Gasteiger partial charge in [0.15, 0.2) is 5.82 Å². The van der Waals surface area contributed by atoms with Gasteiger partial charge < -0.3 is 4.57 Å². The van der Waals surface area contributed by atoms with Crippen molar-refractivity contribution in [1.82, 2.24) is 19.1 Å². The molecular weight excluding hydrogens is 777 g/mol. The van der Waals surface area contributed by atoms with Crippen molar-refractivity contribution in [3.8, 4) is 45.0 Å². The largest absolute Gasteiger partial charge is 0.309 e. The third kappa shape index (κ3) is 4.72. The van der Waals surface area contributed by atoms with E-state index in [1.807, 2.05) is 6.20 Å². The van der Waals surface area contributed by atoms with Gasteiger partial charge in [-0.05, 0) is 133 Å². The van der Waals surface area contributed by atoms with E-state index < -0.39 is 0 Å². The molecule has 9 aromatic carbocycles. The summed E-state index contributed by atoms with van der Waals surface area (Å²) < 4.78 is 4.75. The van der Waals surface area contributed by atoms with E-state index in [2.05, 4.69) is 213 Å². The molecule has 4 heteroatoms. The lowest BCUT2D eigenvalue weighted by atomic mass is 9.82. The van der Waals surface area contributed by atoms with Crippen molar-refractivity contribution in [2.24, 2.45) is 0 Å². The second-order valence-electron chi connectivity index (χ2n) is 19.1. The Bertz CT molecular complexity index is 3760. The Morgan fingerprint density at radius 1 is 0.391 bits per heavy atom. The minimum absolute atomic E-state index is 0.0793. The lowest BCUT2D eigenvalue weighted by Crippen LogP contribution is -2.17. The maximum Gasteiger partial charge on any atom is 0.156 e. The molecule has 0 unspecified atom stereocenters. The molecule has 3 aromatic heterocycles. The Balaban J connectivity index is 0.902. The first kappa shape index (κ1) is 35.7. The monoisotopic (exact) mass is 818 g/mol. The van der Waals surface area contributed by atoms with Crippen LogP contribution < -0.4 is 0 Å². The highest BCUT2D eigenvalue weighted by Gasteiger charge is 2.39. The lowest BCUT2D eigenvalue weighted by molar-refractivity contribution is 0.635. The first-order valence-electron chi connectivity index (χ1n) is 22.4. The highest BCUT2D eigenvalue weighted by atomic mass is 15.1. The molecule has 4 nitrogen and oxygen atoms in total. The predicted octanol–water partition coefficient (Wildman–Crippen LogP) is 15.3. The number of hydrogen-bond donors (Lipinski definition) is 0. The average Bonchev–Trinajstić information content (AvgIpc) is 3.98. The van der Waals surface area contributed by atoms with Crippen LogP contribution in [-0.4, -0.2) is 19.1 Å². The smallest absolute Gasteiger partial charge is 0.156 e. The second kappa shape index (κ2) is 12.4. The maximum atomic E-state index is 5.46. The van der Waals surface area contributed by atoms with Crippen LogP contribution in [0, 0.1) is 0 Å². The van der Waals surface area contributed by atoms with Crippen LogP contribution >= 0.6 is 0 Å². The first-order valence-corrected chi connectivity index (χ1v) is 22.4. The molecule has 302 valence electrons. The van der Waals surface area contributed by atoms with Crippen molar-refractivity contribution in [3.63, 3.8) is 0 Å². The van der Waals surface area contributed by atoms with E-state index in [0.717, 1.165) is 28.2 Å². The second-order valence-corrected chi connectivity index (χ2v) is 19.1. The van der Waals surface area contributed by atoms with Crippen LogP contribution in [0.3, 0.4) is 0 Å². The standard InChI is InChI=1S/C60H42N4/c1-59(2)49-24-23-41(33-45(49)44-27-35-13-5-7-15-37(35)31-50(44)59)63-52-19-11-9-17-42(52)46-28-39(21-25-54(46)63)40-22-26-55-47(29-40)43-18-10-12-20-53(43)64(55)56-34-61-58-57(62-56)48-30-36-14-6-8-16-38(36)32-51(48)60(58,3)4/h5-34H,1-4H3. The summed E-state index contributed by atoms with van der Waals surface area (Å²) in [7, 11) is 0. The molecule has 0 saturated heterocycles. The zero-order valence-electron chi connectivity index (χ0n) is 36.1. The number of hydrogen-bond acceptors (Lipinski definition) is 2. The van der Waals surface area contributed by atoms with Crippen LogP contribution in [0.2, 0.25) is 0 Å². The van der Waals surface area contributed by atoms with Gasteiger partial charge in [-0.3, -0.25) is 9.55 Å².